The fourth-order valence-corrected chi connectivity index (χ4v) is 2.04. The largest absolute Gasteiger partial charge is 0.436 e. The van der Waals surface area contributed by atoms with E-state index in [1.165, 1.54) is 16.8 Å². The number of ether oxygens (including phenoxy) is 1. The molecule has 0 saturated carbocycles. The predicted octanol–water partition coefficient (Wildman–Crippen LogP) is 4.06. The average Bonchev–Trinajstić information content (AvgIpc) is 2.52. The minimum Gasteiger partial charge on any atom is -0.436 e. The topological polar surface area (TPSA) is 53.1 Å². The van der Waals surface area contributed by atoms with Crippen LogP contribution >= 0.6 is 34.8 Å². The van der Waals surface area contributed by atoms with Crippen LogP contribution in [0.15, 0.2) is 12.1 Å². The van der Waals surface area contributed by atoms with E-state index in [1.54, 1.807) is 14.0 Å². The normalized spacial score (nSPS) is 10.7. The van der Waals surface area contributed by atoms with Crippen molar-refractivity contribution in [2.45, 2.75) is 6.92 Å². The summed E-state index contributed by atoms with van der Waals surface area (Å²) in [7, 11) is 1.73. The molecule has 1 aromatic carbocycles. The molecular formula is C11H10Cl3N3O. The zero-order valence-electron chi connectivity index (χ0n) is 9.67. The second-order valence-electron chi connectivity index (χ2n) is 3.73. The molecule has 0 fully saturated rings. The summed E-state index contributed by atoms with van der Waals surface area (Å²) in [6, 6.07) is 3.05. The molecule has 7 heteroatoms. The van der Waals surface area contributed by atoms with Crippen LogP contribution in [0.4, 0.5) is 5.69 Å². The molecule has 0 spiro atoms. The summed E-state index contributed by atoms with van der Waals surface area (Å²) >= 11 is 17.8. The Morgan fingerprint density at radius 2 is 1.78 bits per heavy atom. The van der Waals surface area contributed by atoms with Crippen molar-refractivity contribution >= 4 is 40.5 Å². The van der Waals surface area contributed by atoms with Gasteiger partial charge in [-0.3, -0.25) is 0 Å². The first kappa shape index (κ1) is 13.3. The summed E-state index contributed by atoms with van der Waals surface area (Å²) in [5.74, 6) is 0.786. The van der Waals surface area contributed by atoms with E-state index in [1.807, 2.05) is 0 Å². The number of benzene rings is 1. The van der Waals surface area contributed by atoms with E-state index in [4.69, 9.17) is 45.3 Å². The van der Waals surface area contributed by atoms with Crippen LogP contribution in [0.5, 0.6) is 11.6 Å². The highest BCUT2D eigenvalue weighted by molar-refractivity contribution is 6.43. The number of nitrogens with zero attached hydrogens (tertiary/aromatic N) is 2. The van der Waals surface area contributed by atoms with Gasteiger partial charge < -0.3 is 10.5 Å². The maximum atomic E-state index is 6.02. The Hall–Kier alpha value is -1.10. The van der Waals surface area contributed by atoms with E-state index in [0.29, 0.717) is 38.1 Å². The Bertz CT molecular complexity index is 610. The lowest BCUT2D eigenvalue weighted by molar-refractivity contribution is 0.433. The minimum absolute atomic E-state index is 0.350. The van der Waals surface area contributed by atoms with Crippen molar-refractivity contribution in [3.05, 3.63) is 32.9 Å². The monoisotopic (exact) mass is 305 g/mol. The van der Waals surface area contributed by atoms with Crippen LogP contribution in [-0.4, -0.2) is 9.78 Å². The van der Waals surface area contributed by atoms with Crippen molar-refractivity contribution < 1.29 is 4.74 Å². The van der Waals surface area contributed by atoms with Crippen molar-refractivity contribution in [1.82, 2.24) is 9.78 Å². The third-order valence-corrected chi connectivity index (χ3v) is 3.41. The molecule has 0 atom stereocenters. The van der Waals surface area contributed by atoms with Gasteiger partial charge in [0.25, 0.3) is 0 Å². The molecule has 0 aliphatic heterocycles. The smallest absolute Gasteiger partial charge is 0.241 e. The van der Waals surface area contributed by atoms with Gasteiger partial charge in [0.15, 0.2) is 0 Å². The number of nitrogens with two attached hydrogens (primary N) is 1. The van der Waals surface area contributed by atoms with Crippen LogP contribution in [0, 0.1) is 6.92 Å². The fourth-order valence-electron chi connectivity index (χ4n) is 1.46. The van der Waals surface area contributed by atoms with Crippen LogP contribution in [0.2, 0.25) is 15.1 Å². The SMILES string of the molecule is Cc1nn(C)c(Oc2cc(Cl)c(Cl)cc2Cl)c1N. The molecule has 0 unspecified atom stereocenters. The average molecular weight is 307 g/mol. The molecule has 0 aliphatic carbocycles. The highest BCUT2D eigenvalue weighted by Crippen LogP contribution is 2.38. The van der Waals surface area contributed by atoms with E-state index in [2.05, 4.69) is 5.10 Å². The van der Waals surface area contributed by atoms with E-state index >= 15 is 0 Å². The molecule has 0 aliphatic rings. The predicted molar refractivity (Wildman–Crippen MR) is 73.9 cm³/mol. The number of aromatic nitrogens is 2. The van der Waals surface area contributed by atoms with Gasteiger partial charge in [-0.1, -0.05) is 34.8 Å². The quantitative estimate of drug-likeness (QED) is 0.851. The standard InChI is InChI=1S/C11H10Cl3N3O/c1-5-10(15)11(17(2)16-5)18-9-4-7(13)6(12)3-8(9)14/h3-4H,15H2,1-2H3. The number of nitrogen functional groups attached to an aromatic ring is 1. The number of anilines is 1. The molecule has 1 aromatic heterocycles. The van der Waals surface area contributed by atoms with Crippen LogP contribution in [0.25, 0.3) is 0 Å². The Balaban J connectivity index is 2.43. The van der Waals surface area contributed by atoms with Gasteiger partial charge in [0.2, 0.25) is 5.88 Å². The Morgan fingerprint density at radius 3 is 2.33 bits per heavy atom. The van der Waals surface area contributed by atoms with Crippen molar-refractivity contribution in [3.8, 4) is 11.6 Å². The van der Waals surface area contributed by atoms with Crippen molar-refractivity contribution in [2.24, 2.45) is 7.05 Å². The van der Waals surface area contributed by atoms with Gasteiger partial charge in [0.05, 0.1) is 20.8 Å². The van der Waals surface area contributed by atoms with Gasteiger partial charge in [-0.2, -0.15) is 5.10 Å². The third kappa shape index (κ3) is 2.36. The van der Waals surface area contributed by atoms with Crippen molar-refractivity contribution in [1.29, 1.82) is 0 Å². The number of hydrogen-bond donors (Lipinski definition) is 1. The molecular weight excluding hydrogens is 296 g/mol. The molecule has 0 radical (unpaired) electrons. The third-order valence-electron chi connectivity index (χ3n) is 2.40. The summed E-state index contributed by atoms with van der Waals surface area (Å²) in [5.41, 5.74) is 7.00. The lowest BCUT2D eigenvalue weighted by Crippen LogP contribution is -1.97. The highest BCUT2D eigenvalue weighted by Gasteiger charge is 2.15. The number of hydrogen-bond acceptors (Lipinski definition) is 3. The Kier molecular flexibility index (Phi) is 3.61. The van der Waals surface area contributed by atoms with E-state index in [0.717, 1.165) is 0 Å². The minimum atomic E-state index is 0.350. The van der Waals surface area contributed by atoms with E-state index < -0.39 is 0 Å². The van der Waals surface area contributed by atoms with Gasteiger partial charge in [-0.05, 0) is 13.0 Å². The van der Waals surface area contributed by atoms with Crippen LogP contribution in [-0.2, 0) is 7.05 Å². The molecule has 2 N–H and O–H groups in total. The highest BCUT2D eigenvalue weighted by atomic mass is 35.5. The van der Waals surface area contributed by atoms with E-state index in [-0.39, 0.29) is 0 Å². The second kappa shape index (κ2) is 4.88. The van der Waals surface area contributed by atoms with Crippen molar-refractivity contribution in [3.63, 3.8) is 0 Å². The lowest BCUT2D eigenvalue weighted by atomic mass is 10.3. The number of aryl methyl sites for hydroxylation is 2. The van der Waals surface area contributed by atoms with Crippen LogP contribution in [0.1, 0.15) is 5.69 Å². The van der Waals surface area contributed by atoms with Gasteiger partial charge in [-0.15, -0.1) is 0 Å². The maximum absolute atomic E-state index is 6.02. The van der Waals surface area contributed by atoms with Crippen LogP contribution < -0.4 is 10.5 Å². The molecule has 0 saturated heterocycles. The van der Waals surface area contributed by atoms with Gasteiger partial charge in [-0.25, -0.2) is 4.68 Å². The fraction of sp³-hybridized carbons (Fsp3) is 0.182. The Labute approximate surface area is 119 Å². The first-order valence-corrected chi connectivity index (χ1v) is 6.15. The lowest BCUT2D eigenvalue weighted by Gasteiger charge is -2.09. The molecule has 0 bridgehead atoms. The van der Waals surface area contributed by atoms with E-state index in [9.17, 15) is 0 Å². The first-order valence-electron chi connectivity index (χ1n) is 5.01. The van der Waals surface area contributed by atoms with Crippen molar-refractivity contribution in [2.75, 3.05) is 5.73 Å². The zero-order valence-corrected chi connectivity index (χ0v) is 11.9. The van der Waals surface area contributed by atoms with Crippen LogP contribution in [0.3, 0.4) is 0 Å². The summed E-state index contributed by atoms with van der Waals surface area (Å²) in [6.07, 6.45) is 0. The molecule has 96 valence electrons. The first-order chi connectivity index (χ1) is 8.40. The van der Waals surface area contributed by atoms with Gasteiger partial charge in [0.1, 0.15) is 11.4 Å². The molecule has 1 heterocycles. The molecule has 18 heavy (non-hydrogen) atoms. The van der Waals surface area contributed by atoms with Gasteiger partial charge >= 0.3 is 0 Å². The summed E-state index contributed by atoms with van der Waals surface area (Å²) in [4.78, 5) is 0. The molecule has 0 amide bonds. The zero-order chi connectivity index (χ0) is 13.4. The molecule has 2 aromatic rings. The maximum Gasteiger partial charge on any atom is 0.241 e. The number of halogens is 3. The summed E-state index contributed by atoms with van der Waals surface area (Å²) < 4.78 is 7.16. The van der Waals surface area contributed by atoms with Gasteiger partial charge in [0, 0.05) is 13.1 Å². The second-order valence-corrected chi connectivity index (χ2v) is 4.95. The summed E-state index contributed by atoms with van der Waals surface area (Å²) in [6.45, 7) is 1.79. The number of rotatable bonds is 2. The molecule has 4 nitrogen and oxygen atoms in total. The molecule has 2 rings (SSSR count). The summed E-state index contributed by atoms with van der Waals surface area (Å²) in [5, 5.41) is 5.21. The Morgan fingerprint density at radius 1 is 1.17 bits per heavy atom.